The molecule has 1 rings (SSSR count). The molecule has 76 valence electrons. The van der Waals surface area contributed by atoms with Crippen LogP contribution in [-0.4, -0.2) is 24.9 Å². The molecule has 4 N–H and O–H groups in total. The van der Waals surface area contributed by atoms with Crippen LogP contribution in [0.1, 0.15) is 10.4 Å². The minimum absolute atomic E-state index is 0.0793. The molecular weight excluding hydrogens is 185 g/mol. The zero-order chi connectivity index (χ0) is 10.9. The third-order valence-electron chi connectivity index (χ3n) is 1.81. The number of halogens is 1. The molecule has 4 nitrogen and oxygen atoms in total. The van der Waals surface area contributed by atoms with Crippen LogP contribution in [0.5, 0.6) is 0 Å². The SMILES string of the molecule is CN(C)C(=O)c1cc(N)c(F)cc1N. The fourth-order valence-electron chi connectivity index (χ4n) is 1.03. The van der Waals surface area contributed by atoms with Crippen LogP contribution in [0, 0.1) is 5.82 Å². The lowest BCUT2D eigenvalue weighted by Crippen LogP contribution is -2.23. The standard InChI is InChI=1S/C9H12FN3O/c1-13(2)9(14)5-3-8(12)6(10)4-7(5)11/h3-4H,11-12H2,1-2H3. The Balaban J connectivity index is 3.22. The van der Waals surface area contributed by atoms with E-state index >= 15 is 0 Å². The smallest absolute Gasteiger partial charge is 0.255 e. The van der Waals surface area contributed by atoms with E-state index in [1.165, 1.54) is 11.0 Å². The number of carbonyl (C=O) groups excluding carboxylic acids is 1. The highest BCUT2D eigenvalue weighted by Gasteiger charge is 2.14. The Morgan fingerprint density at radius 2 is 1.86 bits per heavy atom. The number of nitrogens with zero attached hydrogens (tertiary/aromatic N) is 1. The van der Waals surface area contributed by atoms with Gasteiger partial charge in [-0.05, 0) is 12.1 Å². The number of nitrogen functional groups attached to an aromatic ring is 2. The second-order valence-electron chi connectivity index (χ2n) is 3.16. The van der Waals surface area contributed by atoms with Crippen molar-refractivity contribution in [3.63, 3.8) is 0 Å². The van der Waals surface area contributed by atoms with Crippen molar-refractivity contribution in [2.45, 2.75) is 0 Å². The molecule has 0 aliphatic carbocycles. The van der Waals surface area contributed by atoms with E-state index in [2.05, 4.69) is 0 Å². The summed E-state index contributed by atoms with van der Waals surface area (Å²) in [5, 5.41) is 0. The maximum atomic E-state index is 12.9. The highest BCUT2D eigenvalue weighted by molar-refractivity contribution is 5.99. The van der Waals surface area contributed by atoms with E-state index in [0.29, 0.717) is 0 Å². The maximum absolute atomic E-state index is 12.9. The van der Waals surface area contributed by atoms with Gasteiger partial charge in [-0.15, -0.1) is 0 Å². The lowest BCUT2D eigenvalue weighted by molar-refractivity contribution is 0.0828. The van der Waals surface area contributed by atoms with Crippen molar-refractivity contribution in [1.82, 2.24) is 4.90 Å². The highest BCUT2D eigenvalue weighted by Crippen LogP contribution is 2.20. The van der Waals surface area contributed by atoms with Gasteiger partial charge in [0.1, 0.15) is 5.82 Å². The molecule has 5 heteroatoms. The van der Waals surface area contributed by atoms with E-state index in [0.717, 1.165) is 6.07 Å². The number of rotatable bonds is 1. The van der Waals surface area contributed by atoms with Crippen molar-refractivity contribution in [3.8, 4) is 0 Å². The number of anilines is 2. The first-order chi connectivity index (χ1) is 6.43. The Morgan fingerprint density at radius 1 is 1.29 bits per heavy atom. The Bertz CT molecular complexity index is 377. The van der Waals surface area contributed by atoms with E-state index in [9.17, 15) is 9.18 Å². The first kappa shape index (κ1) is 10.3. The fourth-order valence-corrected chi connectivity index (χ4v) is 1.03. The average molecular weight is 197 g/mol. The second-order valence-corrected chi connectivity index (χ2v) is 3.16. The van der Waals surface area contributed by atoms with Crippen molar-refractivity contribution in [3.05, 3.63) is 23.5 Å². The van der Waals surface area contributed by atoms with Gasteiger partial charge in [-0.2, -0.15) is 0 Å². The molecule has 1 amide bonds. The quantitative estimate of drug-likeness (QED) is 0.650. The summed E-state index contributed by atoms with van der Waals surface area (Å²) in [5.74, 6) is -0.910. The van der Waals surface area contributed by atoms with Crippen LogP contribution in [0.25, 0.3) is 0 Å². The van der Waals surface area contributed by atoms with Crippen molar-refractivity contribution in [1.29, 1.82) is 0 Å². The summed E-state index contributed by atoms with van der Waals surface area (Å²) in [7, 11) is 3.17. The molecule has 14 heavy (non-hydrogen) atoms. The molecule has 1 aromatic carbocycles. The summed E-state index contributed by atoms with van der Waals surface area (Å²) in [5.41, 5.74) is 11.0. The molecule has 0 aliphatic heterocycles. The van der Waals surface area contributed by atoms with Crippen LogP contribution < -0.4 is 11.5 Å². The van der Waals surface area contributed by atoms with Gasteiger partial charge in [0, 0.05) is 19.8 Å². The van der Waals surface area contributed by atoms with E-state index in [-0.39, 0.29) is 22.8 Å². The van der Waals surface area contributed by atoms with Gasteiger partial charge in [0.15, 0.2) is 0 Å². The molecule has 0 fully saturated rings. The predicted octanol–water partition coefficient (Wildman–Crippen LogP) is 0.692. The number of benzene rings is 1. The van der Waals surface area contributed by atoms with Crippen LogP contribution in [0.15, 0.2) is 12.1 Å². The van der Waals surface area contributed by atoms with Crippen molar-refractivity contribution >= 4 is 17.3 Å². The van der Waals surface area contributed by atoms with Gasteiger partial charge in [-0.25, -0.2) is 4.39 Å². The van der Waals surface area contributed by atoms with Gasteiger partial charge in [0.05, 0.1) is 11.3 Å². The Hall–Kier alpha value is -1.78. The van der Waals surface area contributed by atoms with Crippen LogP contribution in [-0.2, 0) is 0 Å². The highest BCUT2D eigenvalue weighted by atomic mass is 19.1. The first-order valence-electron chi connectivity index (χ1n) is 3.99. The van der Waals surface area contributed by atoms with E-state index in [1.54, 1.807) is 14.1 Å². The molecule has 0 heterocycles. The molecular formula is C9H12FN3O. The molecule has 1 aromatic rings. The van der Waals surface area contributed by atoms with E-state index in [4.69, 9.17) is 11.5 Å². The number of hydrogen-bond donors (Lipinski definition) is 2. The molecule has 0 atom stereocenters. The molecule has 0 aromatic heterocycles. The number of hydrogen-bond acceptors (Lipinski definition) is 3. The normalized spacial score (nSPS) is 9.93. The number of carbonyl (C=O) groups is 1. The van der Waals surface area contributed by atoms with Crippen LogP contribution in [0.4, 0.5) is 15.8 Å². The summed E-state index contributed by atoms with van der Waals surface area (Å²) < 4.78 is 12.9. The fraction of sp³-hybridized carbons (Fsp3) is 0.222. The van der Waals surface area contributed by atoms with Gasteiger partial charge < -0.3 is 16.4 Å². The summed E-state index contributed by atoms with van der Waals surface area (Å²) in [6, 6.07) is 2.29. The van der Waals surface area contributed by atoms with Crippen molar-refractivity contribution in [2.75, 3.05) is 25.6 Å². The largest absolute Gasteiger partial charge is 0.398 e. The predicted molar refractivity (Wildman–Crippen MR) is 53.2 cm³/mol. The molecule has 0 bridgehead atoms. The minimum Gasteiger partial charge on any atom is -0.398 e. The van der Waals surface area contributed by atoms with Crippen molar-refractivity contribution in [2.24, 2.45) is 0 Å². The third kappa shape index (κ3) is 1.76. The molecule has 0 saturated heterocycles. The second kappa shape index (κ2) is 3.53. The Morgan fingerprint density at radius 3 is 2.36 bits per heavy atom. The Labute approximate surface area is 81.3 Å². The summed E-state index contributed by atoms with van der Waals surface area (Å²) in [6.45, 7) is 0. The topological polar surface area (TPSA) is 72.3 Å². The van der Waals surface area contributed by atoms with Gasteiger partial charge >= 0.3 is 0 Å². The molecule has 0 radical (unpaired) electrons. The summed E-state index contributed by atoms with van der Waals surface area (Å²) in [4.78, 5) is 12.8. The van der Waals surface area contributed by atoms with Gasteiger partial charge in [0.2, 0.25) is 0 Å². The van der Waals surface area contributed by atoms with Crippen LogP contribution in [0.2, 0.25) is 0 Å². The average Bonchev–Trinajstić information content (AvgIpc) is 2.10. The van der Waals surface area contributed by atoms with Crippen LogP contribution >= 0.6 is 0 Å². The van der Waals surface area contributed by atoms with Gasteiger partial charge in [0.25, 0.3) is 5.91 Å². The van der Waals surface area contributed by atoms with Crippen LogP contribution in [0.3, 0.4) is 0 Å². The van der Waals surface area contributed by atoms with Crippen molar-refractivity contribution < 1.29 is 9.18 Å². The van der Waals surface area contributed by atoms with Gasteiger partial charge in [-0.1, -0.05) is 0 Å². The van der Waals surface area contributed by atoms with E-state index in [1.807, 2.05) is 0 Å². The monoisotopic (exact) mass is 197 g/mol. The van der Waals surface area contributed by atoms with E-state index < -0.39 is 5.82 Å². The summed E-state index contributed by atoms with van der Waals surface area (Å²) in [6.07, 6.45) is 0. The molecule has 0 unspecified atom stereocenters. The summed E-state index contributed by atoms with van der Waals surface area (Å²) >= 11 is 0. The molecule has 0 aliphatic rings. The lowest BCUT2D eigenvalue weighted by atomic mass is 10.1. The first-order valence-corrected chi connectivity index (χ1v) is 3.99. The Kier molecular flexibility index (Phi) is 2.60. The molecule has 0 spiro atoms. The van der Waals surface area contributed by atoms with Gasteiger partial charge in [-0.3, -0.25) is 4.79 Å². The number of amides is 1. The lowest BCUT2D eigenvalue weighted by Gasteiger charge is -2.12. The zero-order valence-corrected chi connectivity index (χ0v) is 8.04. The number of nitrogens with two attached hydrogens (primary N) is 2. The zero-order valence-electron chi connectivity index (χ0n) is 8.04. The molecule has 0 saturated carbocycles. The minimum atomic E-state index is -0.613. The third-order valence-corrected chi connectivity index (χ3v) is 1.81. The maximum Gasteiger partial charge on any atom is 0.255 e.